The van der Waals surface area contributed by atoms with Gasteiger partial charge in [-0.3, -0.25) is 4.79 Å². The first-order chi connectivity index (χ1) is 16.1. The summed E-state index contributed by atoms with van der Waals surface area (Å²) in [5.41, 5.74) is 1.14. The van der Waals surface area contributed by atoms with Gasteiger partial charge in [0.15, 0.2) is 5.60 Å². The van der Waals surface area contributed by atoms with Gasteiger partial charge >= 0.3 is 5.63 Å². The van der Waals surface area contributed by atoms with Crippen LogP contribution in [0.1, 0.15) is 43.2 Å². The zero-order valence-corrected chi connectivity index (χ0v) is 19.8. The molecule has 0 aliphatic heterocycles. The fourth-order valence-corrected chi connectivity index (χ4v) is 3.99. The monoisotopic (exact) mass is 456 g/mol. The topological polar surface area (TPSA) is 92.4 Å². The molecule has 1 aromatic heterocycles. The molecule has 1 amide bonds. The molecule has 4 aromatic rings. The SMILES string of the molecule is Cc1noc(=O)c2ccc(NC(=O)C(O)(Cc3ccc(C(C)(C)C)cc3)c3ccccc3)cc12. The Balaban J connectivity index is 1.68. The smallest absolute Gasteiger partial charge is 0.366 e. The Kier molecular flexibility index (Phi) is 6.11. The Bertz CT molecular complexity index is 1390. The van der Waals surface area contributed by atoms with Crippen molar-refractivity contribution in [1.29, 1.82) is 0 Å². The summed E-state index contributed by atoms with van der Waals surface area (Å²) in [5.74, 6) is -0.563. The number of hydrogen-bond donors (Lipinski definition) is 2. The van der Waals surface area contributed by atoms with E-state index in [9.17, 15) is 14.7 Å². The number of aryl methyl sites for hydroxylation is 1. The zero-order chi connectivity index (χ0) is 24.5. The number of nitrogens with zero attached hydrogens (tertiary/aromatic N) is 1. The highest BCUT2D eigenvalue weighted by Gasteiger charge is 2.38. The lowest BCUT2D eigenvalue weighted by molar-refractivity contribution is -0.135. The molecule has 0 radical (unpaired) electrons. The number of amides is 1. The summed E-state index contributed by atoms with van der Waals surface area (Å²) in [4.78, 5) is 25.4. The summed E-state index contributed by atoms with van der Waals surface area (Å²) < 4.78 is 4.77. The van der Waals surface area contributed by atoms with E-state index in [-0.39, 0.29) is 11.8 Å². The van der Waals surface area contributed by atoms with E-state index in [4.69, 9.17) is 4.52 Å². The Morgan fingerprint density at radius 3 is 2.26 bits per heavy atom. The van der Waals surface area contributed by atoms with Crippen LogP contribution in [0.3, 0.4) is 0 Å². The Morgan fingerprint density at radius 1 is 0.941 bits per heavy atom. The van der Waals surface area contributed by atoms with E-state index in [1.54, 1.807) is 49.4 Å². The summed E-state index contributed by atoms with van der Waals surface area (Å²) in [5, 5.41) is 19.3. The van der Waals surface area contributed by atoms with Gasteiger partial charge in [0.25, 0.3) is 5.91 Å². The van der Waals surface area contributed by atoms with Crippen molar-refractivity contribution in [3.05, 3.63) is 106 Å². The van der Waals surface area contributed by atoms with Crippen LogP contribution in [-0.4, -0.2) is 16.2 Å². The van der Waals surface area contributed by atoms with Crippen LogP contribution in [-0.2, 0) is 22.2 Å². The highest BCUT2D eigenvalue weighted by molar-refractivity contribution is 6.00. The summed E-state index contributed by atoms with van der Waals surface area (Å²) in [7, 11) is 0. The van der Waals surface area contributed by atoms with Gasteiger partial charge in [-0.05, 0) is 47.2 Å². The van der Waals surface area contributed by atoms with E-state index in [0.29, 0.717) is 27.7 Å². The Morgan fingerprint density at radius 2 is 1.62 bits per heavy atom. The Hall–Kier alpha value is -3.77. The van der Waals surface area contributed by atoms with Crippen LogP contribution < -0.4 is 10.9 Å². The van der Waals surface area contributed by atoms with Gasteiger partial charge in [-0.25, -0.2) is 4.79 Å². The van der Waals surface area contributed by atoms with Gasteiger partial charge in [0.05, 0.1) is 11.1 Å². The predicted molar refractivity (Wildman–Crippen MR) is 133 cm³/mol. The molecule has 2 N–H and O–H groups in total. The molecule has 1 heterocycles. The number of benzene rings is 3. The van der Waals surface area contributed by atoms with Crippen molar-refractivity contribution in [3.8, 4) is 0 Å². The summed E-state index contributed by atoms with van der Waals surface area (Å²) in [6.07, 6.45) is 0.102. The molecule has 0 fully saturated rings. The number of rotatable bonds is 5. The van der Waals surface area contributed by atoms with Crippen molar-refractivity contribution in [2.24, 2.45) is 0 Å². The van der Waals surface area contributed by atoms with Crippen LogP contribution in [0.25, 0.3) is 10.8 Å². The fraction of sp³-hybridized carbons (Fsp3) is 0.250. The third kappa shape index (κ3) is 4.63. The minimum atomic E-state index is -1.80. The van der Waals surface area contributed by atoms with Crippen LogP contribution in [0.15, 0.2) is 82.1 Å². The van der Waals surface area contributed by atoms with Gasteiger partial charge in [0.1, 0.15) is 0 Å². The fourth-order valence-electron chi connectivity index (χ4n) is 3.99. The molecule has 6 heteroatoms. The maximum absolute atomic E-state index is 13.5. The van der Waals surface area contributed by atoms with Crippen LogP contribution in [0.4, 0.5) is 5.69 Å². The largest absolute Gasteiger partial charge is 0.375 e. The van der Waals surface area contributed by atoms with E-state index >= 15 is 0 Å². The first-order valence-corrected chi connectivity index (χ1v) is 11.2. The lowest BCUT2D eigenvalue weighted by Crippen LogP contribution is -2.42. The highest BCUT2D eigenvalue weighted by Crippen LogP contribution is 2.30. The molecular weight excluding hydrogens is 428 g/mol. The number of nitrogens with one attached hydrogen (secondary N) is 1. The van der Waals surface area contributed by atoms with Crippen molar-refractivity contribution < 1.29 is 14.4 Å². The second kappa shape index (κ2) is 8.88. The van der Waals surface area contributed by atoms with Crippen molar-refractivity contribution in [2.45, 2.75) is 45.1 Å². The van der Waals surface area contributed by atoms with Crippen molar-refractivity contribution >= 4 is 22.4 Å². The molecule has 0 bridgehead atoms. The Labute approximate surface area is 198 Å². The number of hydrogen-bond acceptors (Lipinski definition) is 5. The van der Waals surface area contributed by atoms with Gasteiger partial charge in [0, 0.05) is 17.5 Å². The van der Waals surface area contributed by atoms with Crippen LogP contribution >= 0.6 is 0 Å². The molecular formula is C28H28N2O4. The molecule has 4 rings (SSSR count). The van der Waals surface area contributed by atoms with Crippen molar-refractivity contribution in [1.82, 2.24) is 5.16 Å². The number of aromatic nitrogens is 1. The molecule has 0 saturated carbocycles. The second-order valence-electron chi connectivity index (χ2n) is 9.62. The molecule has 0 spiro atoms. The third-order valence-corrected chi connectivity index (χ3v) is 6.06. The first-order valence-electron chi connectivity index (χ1n) is 11.2. The van der Waals surface area contributed by atoms with E-state index in [1.165, 1.54) is 5.56 Å². The third-order valence-electron chi connectivity index (χ3n) is 6.06. The first kappa shape index (κ1) is 23.4. The molecule has 0 aliphatic carbocycles. The van der Waals surface area contributed by atoms with E-state index in [2.05, 4.69) is 31.2 Å². The summed E-state index contributed by atoms with van der Waals surface area (Å²) in [6.45, 7) is 8.14. The maximum atomic E-state index is 13.5. The lowest BCUT2D eigenvalue weighted by Gasteiger charge is -2.28. The van der Waals surface area contributed by atoms with Crippen LogP contribution in [0, 0.1) is 6.92 Å². The van der Waals surface area contributed by atoms with E-state index < -0.39 is 17.1 Å². The molecule has 6 nitrogen and oxygen atoms in total. The molecule has 0 saturated heterocycles. The summed E-state index contributed by atoms with van der Waals surface area (Å²) in [6, 6.07) is 21.7. The average Bonchev–Trinajstić information content (AvgIpc) is 2.82. The standard InChI is InChI=1S/C28H28N2O4/c1-18-24-16-22(14-15-23(24)25(31)34-30-18)29-26(32)28(33,21-8-6-5-7-9-21)17-19-10-12-20(13-11-19)27(2,3)4/h5-16,33H,17H2,1-4H3,(H,29,32). The predicted octanol–water partition coefficient (Wildman–Crippen LogP) is 4.86. The van der Waals surface area contributed by atoms with Crippen LogP contribution in [0.2, 0.25) is 0 Å². The molecule has 1 unspecified atom stereocenters. The van der Waals surface area contributed by atoms with Gasteiger partial charge in [-0.15, -0.1) is 0 Å². The average molecular weight is 457 g/mol. The number of anilines is 1. The number of carbonyl (C=O) groups is 1. The second-order valence-corrected chi connectivity index (χ2v) is 9.62. The molecule has 0 aliphatic rings. The van der Waals surface area contributed by atoms with Crippen molar-refractivity contribution in [2.75, 3.05) is 5.32 Å². The molecule has 1 atom stereocenters. The highest BCUT2D eigenvalue weighted by atomic mass is 16.5. The number of aliphatic hydroxyl groups is 1. The quantitative estimate of drug-likeness (QED) is 0.447. The molecule has 34 heavy (non-hydrogen) atoms. The van der Waals surface area contributed by atoms with Gasteiger partial charge in [-0.2, -0.15) is 0 Å². The minimum Gasteiger partial charge on any atom is -0.375 e. The minimum absolute atomic E-state index is 0.00590. The van der Waals surface area contributed by atoms with E-state index in [1.807, 2.05) is 30.3 Å². The van der Waals surface area contributed by atoms with Crippen molar-refractivity contribution in [3.63, 3.8) is 0 Å². The maximum Gasteiger partial charge on any atom is 0.366 e. The lowest BCUT2D eigenvalue weighted by atomic mass is 9.83. The zero-order valence-electron chi connectivity index (χ0n) is 19.8. The van der Waals surface area contributed by atoms with Gasteiger partial charge < -0.3 is 14.9 Å². The normalized spacial score (nSPS) is 13.4. The van der Waals surface area contributed by atoms with Crippen LogP contribution in [0.5, 0.6) is 0 Å². The number of carbonyl (C=O) groups excluding carboxylic acids is 1. The summed E-state index contributed by atoms with van der Waals surface area (Å²) >= 11 is 0. The van der Waals surface area contributed by atoms with Gasteiger partial charge in [-0.1, -0.05) is 80.5 Å². The van der Waals surface area contributed by atoms with E-state index in [0.717, 1.165) is 5.56 Å². The number of fused-ring (bicyclic) bond motifs is 1. The molecule has 3 aromatic carbocycles. The van der Waals surface area contributed by atoms with Gasteiger partial charge in [0.2, 0.25) is 0 Å². The molecule has 174 valence electrons.